The van der Waals surface area contributed by atoms with Crippen LogP contribution in [-0.2, 0) is 4.79 Å². The summed E-state index contributed by atoms with van der Waals surface area (Å²) in [5.74, 6) is -0.870. The Morgan fingerprint density at radius 2 is 1.59 bits per heavy atom. The lowest BCUT2D eigenvalue weighted by molar-refractivity contribution is -0.141. The molecule has 0 radical (unpaired) electrons. The van der Waals surface area contributed by atoms with Crippen molar-refractivity contribution in [3.8, 4) is 0 Å². The quantitative estimate of drug-likeness (QED) is 0.756. The lowest BCUT2D eigenvalue weighted by atomic mass is 10.2. The summed E-state index contributed by atoms with van der Waals surface area (Å²) >= 11 is 0. The van der Waals surface area contributed by atoms with Crippen LogP contribution in [-0.4, -0.2) is 52.6 Å². The highest BCUT2D eigenvalue weighted by Gasteiger charge is 2.36. The van der Waals surface area contributed by atoms with Gasteiger partial charge in [0.15, 0.2) is 0 Å². The van der Waals surface area contributed by atoms with Crippen LogP contribution in [0.4, 0.5) is 4.79 Å². The molecule has 2 amide bonds. The van der Waals surface area contributed by atoms with Gasteiger partial charge in [-0.2, -0.15) is 0 Å². The first kappa shape index (κ1) is 12.2. The van der Waals surface area contributed by atoms with Gasteiger partial charge >= 0.3 is 12.0 Å². The van der Waals surface area contributed by atoms with E-state index in [2.05, 4.69) is 0 Å². The number of nitrogens with zero attached hydrogens (tertiary/aromatic N) is 2. The van der Waals surface area contributed by atoms with Gasteiger partial charge < -0.3 is 14.9 Å². The van der Waals surface area contributed by atoms with Crippen molar-refractivity contribution in [1.29, 1.82) is 0 Å². The molecular formula is C12H20N2O3. The molecule has 17 heavy (non-hydrogen) atoms. The number of carbonyl (C=O) groups excluding carboxylic acids is 1. The Morgan fingerprint density at radius 3 is 2.18 bits per heavy atom. The molecule has 96 valence electrons. The van der Waals surface area contributed by atoms with Crippen LogP contribution in [0.15, 0.2) is 0 Å². The summed E-state index contributed by atoms with van der Waals surface area (Å²) in [5.41, 5.74) is 0. The van der Waals surface area contributed by atoms with Crippen molar-refractivity contribution in [1.82, 2.24) is 9.80 Å². The third-order valence-electron chi connectivity index (χ3n) is 3.66. The fraction of sp³-hybridized carbons (Fsp3) is 0.833. The number of amides is 2. The fourth-order valence-electron chi connectivity index (χ4n) is 2.70. The molecule has 2 saturated heterocycles. The zero-order valence-corrected chi connectivity index (χ0v) is 10.1. The highest BCUT2D eigenvalue weighted by molar-refractivity contribution is 5.83. The van der Waals surface area contributed by atoms with Crippen LogP contribution < -0.4 is 0 Å². The van der Waals surface area contributed by atoms with Crippen LogP contribution in [0.2, 0.25) is 0 Å². The van der Waals surface area contributed by atoms with Crippen molar-refractivity contribution >= 4 is 12.0 Å². The topological polar surface area (TPSA) is 60.9 Å². The zero-order chi connectivity index (χ0) is 12.3. The Labute approximate surface area is 101 Å². The van der Waals surface area contributed by atoms with Gasteiger partial charge in [0.2, 0.25) is 0 Å². The van der Waals surface area contributed by atoms with Crippen molar-refractivity contribution in [2.45, 2.75) is 44.6 Å². The number of hydrogen-bond donors (Lipinski definition) is 1. The molecule has 5 nitrogen and oxygen atoms in total. The lowest BCUT2D eigenvalue weighted by Crippen LogP contribution is -2.48. The van der Waals surface area contributed by atoms with Crippen molar-refractivity contribution in [3.05, 3.63) is 0 Å². The molecule has 0 spiro atoms. The zero-order valence-electron chi connectivity index (χ0n) is 10.1. The lowest BCUT2D eigenvalue weighted by Gasteiger charge is -2.29. The third kappa shape index (κ3) is 2.70. The second-order valence-corrected chi connectivity index (χ2v) is 4.87. The van der Waals surface area contributed by atoms with Crippen LogP contribution in [0.3, 0.4) is 0 Å². The number of carboxylic acids is 1. The Bertz CT molecular complexity index is 298. The van der Waals surface area contributed by atoms with Crippen molar-refractivity contribution in [2.75, 3.05) is 19.6 Å². The molecule has 1 N–H and O–H groups in total. The molecule has 1 unspecified atom stereocenters. The van der Waals surface area contributed by atoms with Gasteiger partial charge in [-0.25, -0.2) is 9.59 Å². The summed E-state index contributed by atoms with van der Waals surface area (Å²) in [6.07, 6.45) is 5.82. The maximum Gasteiger partial charge on any atom is 0.326 e. The van der Waals surface area contributed by atoms with Crippen LogP contribution in [0, 0.1) is 0 Å². The summed E-state index contributed by atoms with van der Waals surface area (Å²) < 4.78 is 0. The predicted octanol–water partition coefficient (Wildman–Crippen LogP) is 1.53. The van der Waals surface area contributed by atoms with E-state index in [0.717, 1.165) is 32.4 Å². The van der Waals surface area contributed by atoms with E-state index in [4.69, 9.17) is 5.11 Å². The SMILES string of the molecule is O=C(O)C1CCCN1C(=O)N1CCCCCC1. The molecule has 0 aromatic carbocycles. The summed E-state index contributed by atoms with van der Waals surface area (Å²) in [7, 11) is 0. The van der Waals surface area contributed by atoms with E-state index in [-0.39, 0.29) is 6.03 Å². The first-order valence-electron chi connectivity index (χ1n) is 6.48. The van der Waals surface area contributed by atoms with Crippen molar-refractivity contribution in [3.63, 3.8) is 0 Å². The van der Waals surface area contributed by atoms with E-state index in [0.29, 0.717) is 13.0 Å². The van der Waals surface area contributed by atoms with Gasteiger partial charge in [0.25, 0.3) is 0 Å². The summed E-state index contributed by atoms with van der Waals surface area (Å²) in [6.45, 7) is 2.15. The molecule has 0 aromatic rings. The van der Waals surface area contributed by atoms with Crippen LogP contribution in [0.5, 0.6) is 0 Å². The molecule has 2 heterocycles. The minimum absolute atomic E-state index is 0.0724. The van der Waals surface area contributed by atoms with E-state index in [1.165, 1.54) is 17.7 Å². The number of hydrogen-bond acceptors (Lipinski definition) is 2. The van der Waals surface area contributed by atoms with Gasteiger partial charge in [-0.15, -0.1) is 0 Å². The molecule has 2 aliphatic heterocycles. The second-order valence-electron chi connectivity index (χ2n) is 4.87. The number of rotatable bonds is 1. The molecule has 2 rings (SSSR count). The maximum absolute atomic E-state index is 12.3. The summed E-state index contributed by atoms with van der Waals surface area (Å²) in [5, 5.41) is 9.07. The van der Waals surface area contributed by atoms with Gasteiger partial charge in [-0.3, -0.25) is 0 Å². The summed E-state index contributed by atoms with van der Waals surface area (Å²) in [4.78, 5) is 26.7. The number of urea groups is 1. The molecule has 5 heteroatoms. The fourth-order valence-corrected chi connectivity index (χ4v) is 2.70. The van der Waals surface area contributed by atoms with Gasteiger partial charge in [0.05, 0.1) is 0 Å². The summed E-state index contributed by atoms with van der Waals surface area (Å²) in [6, 6.07) is -0.678. The Morgan fingerprint density at radius 1 is 0.941 bits per heavy atom. The Balaban J connectivity index is 2.00. The van der Waals surface area contributed by atoms with Gasteiger partial charge in [0.1, 0.15) is 6.04 Å². The van der Waals surface area contributed by atoms with E-state index in [1.807, 2.05) is 4.90 Å². The molecular weight excluding hydrogens is 220 g/mol. The van der Waals surface area contributed by atoms with Gasteiger partial charge in [-0.05, 0) is 25.7 Å². The first-order valence-corrected chi connectivity index (χ1v) is 6.48. The number of aliphatic carboxylic acids is 1. The maximum atomic E-state index is 12.3. The van der Waals surface area contributed by atoms with E-state index in [1.54, 1.807) is 0 Å². The van der Waals surface area contributed by atoms with E-state index >= 15 is 0 Å². The average Bonchev–Trinajstić information content (AvgIpc) is 2.64. The van der Waals surface area contributed by atoms with Crippen molar-refractivity contribution < 1.29 is 14.7 Å². The Hall–Kier alpha value is -1.26. The highest BCUT2D eigenvalue weighted by Crippen LogP contribution is 2.21. The van der Waals surface area contributed by atoms with Crippen LogP contribution in [0.1, 0.15) is 38.5 Å². The predicted molar refractivity (Wildman–Crippen MR) is 62.8 cm³/mol. The molecule has 2 aliphatic rings. The van der Waals surface area contributed by atoms with Gasteiger partial charge in [0, 0.05) is 19.6 Å². The van der Waals surface area contributed by atoms with E-state index in [9.17, 15) is 9.59 Å². The van der Waals surface area contributed by atoms with Gasteiger partial charge in [-0.1, -0.05) is 12.8 Å². The van der Waals surface area contributed by atoms with Crippen LogP contribution >= 0.6 is 0 Å². The number of carbonyl (C=O) groups is 2. The standard InChI is InChI=1S/C12H20N2O3/c15-11(16)10-6-5-9-14(10)12(17)13-7-3-1-2-4-8-13/h10H,1-9H2,(H,15,16). The third-order valence-corrected chi connectivity index (χ3v) is 3.66. The molecule has 0 bridgehead atoms. The molecule has 0 saturated carbocycles. The average molecular weight is 240 g/mol. The molecule has 2 fully saturated rings. The van der Waals surface area contributed by atoms with Crippen molar-refractivity contribution in [2.24, 2.45) is 0 Å². The normalized spacial score (nSPS) is 25.8. The minimum atomic E-state index is -0.870. The van der Waals surface area contributed by atoms with E-state index < -0.39 is 12.0 Å². The first-order chi connectivity index (χ1) is 8.20. The molecule has 0 aromatic heterocycles. The smallest absolute Gasteiger partial charge is 0.326 e. The van der Waals surface area contributed by atoms with Crippen LogP contribution in [0.25, 0.3) is 0 Å². The number of carboxylic acid groups (broad SMARTS) is 1. The highest BCUT2D eigenvalue weighted by atomic mass is 16.4. The Kier molecular flexibility index (Phi) is 3.86. The second kappa shape index (κ2) is 5.38. The monoisotopic (exact) mass is 240 g/mol. The molecule has 1 atom stereocenters. The largest absolute Gasteiger partial charge is 0.480 e. The number of likely N-dealkylation sites (tertiary alicyclic amines) is 2. The molecule has 0 aliphatic carbocycles. The minimum Gasteiger partial charge on any atom is -0.480 e.